The van der Waals surface area contributed by atoms with Gasteiger partial charge >= 0.3 is 0 Å². The predicted molar refractivity (Wildman–Crippen MR) is 176 cm³/mol. The van der Waals surface area contributed by atoms with Gasteiger partial charge in [-0.3, -0.25) is 4.55 Å². The lowest BCUT2D eigenvalue weighted by atomic mass is 10.0. The Balaban J connectivity index is 1.54. The van der Waals surface area contributed by atoms with Crippen molar-refractivity contribution >= 4 is 54.6 Å². The highest BCUT2D eigenvalue weighted by Crippen LogP contribution is 2.42. The SMILES string of the molecule is CCC(=Cc1oc2ccc(Cl)cc2c1CCCS(=O)(=O)[O-])/C=C1\Oc2ccc(-c3ccccc3)cc2N1CCC(C)S(=O)(=O)O. The summed E-state index contributed by atoms with van der Waals surface area (Å²) in [6, 6.07) is 20.9. The first kappa shape index (κ1) is 32.8. The molecule has 238 valence electrons. The van der Waals surface area contributed by atoms with Crippen LogP contribution in [0, 0.1) is 0 Å². The molecule has 3 aromatic carbocycles. The summed E-state index contributed by atoms with van der Waals surface area (Å²) >= 11 is 6.26. The largest absolute Gasteiger partial charge is 0.748 e. The van der Waals surface area contributed by atoms with Crippen LogP contribution in [0.2, 0.25) is 5.02 Å². The topological polar surface area (TPSA) is 137 Å². The van der Waals surface area contributed by atoms with Crippen molar-refractivity contribution in [3.8, 4) is 16.9 Å². The van der Waals surface area contributed by atoms with E-state index in [9.17, 15) is 25.9 Å². The Morgan fingerprint density at radius 2 is 1.80 bits per heavy atom. The molecule has 1 aliphatic heterocycles. The standard InChI is InChI=1S/C33H34ClNO8S2/c1-3-23(18-32-27(10-7-17-44(36,37)38)28-21-26(34)12-14-30(28)42-32)19-33-35(16-15-22(2)45(39,40)41)29-20-25(11-13-31(29)43-33)24-8-5-4-6-9-24/h4-6,8-9,11-14,18-22H,3,7,10,15-17H2,1-2H3,(H,36,37,38)(H,39,40,41)/p-1/b23-18?,33-19-. The number of halogens is 1. The lowest BCUT2D eigenvalue weighted by Gasteiger charge is -2.20. The van der Waals surface area contributed by atoms with Gasteiger partial charge in [0.05, 0.1) is 21.1 Å². The average molecular weight is 671 g/mol. The summed E-state index contributed by atoms with van der Waals surface area (Å²) in [6.07, 6.45) is 4.84. The maximum Gasteiger partial charge on any atom is 0.267 e. The summed E-state index contributed by atoms with van der Waals surface area (Å²) in [4.78, 5) is 1.89. The molecule has 1 unspecified atom stereocenters. The summed E-state index contributed by atoms with van der Waals surface area (Å²) < 4.78 is 79.5. The third kappa shape index (κ3) is 7.98. The first-order valence-electron chi connectivity index (χ1n) is 14.5. The van der Waals surface area contributed by atoms with Gasteiger partial charge in [0.15, 0.2) is 5.75 Å². The normalized spacial score (nSPS) is 15.4. The number of nitrogens with zero attached hydrogens (tertiary/aromatic N) is 1. The molecule has 0 bridgehead atoms. The van der Waals surface area contributed by atoms with E-state index in [2.05, 4.69) is 0 Å². The zero-order chi connectivity index (χ0) is 32.4. The van der Waals surface area contributed by atoms with Crippen LogP contribution in [0.25, 0.3) is 28.2 Å². The van der Waals surface area contributed by atoms with Crippen molar-refractivity contribution in [2.45, 2.75) is 44.8 Å². The molecule has 1 aliphatic rings. The average Bonchev–Trinajstić information content (AvgIpc) is 3.50. The number of hydrogen-bond acceptors (Lipinski definition) is 8. The molecule has 0 saturated heterocycles. The molecule has 0 saturated carbocycles. The second-order valence-electron chi connectivity index (χ2n) is 10.9. The van der Waals surface area contributed by atoms with Gasteiger partial charge in [-0.05, 0) is 85.7 Å². The number of anilines is 1. The third-order valence-electron chi connectivity index (χ3n) is 7.74. The fourth-order valence-corrected chi connectivity index (χ4v) is 6.30. The van der Waals surface area contributed by atoms with Crippen molar-refractivity contribution in [2.24, 2.45) is 0 Å². The minimum Gasteiger partial charge on any atom is -0.748 e. The Kier molecular flexibility index (Phi) is 9.76. The quantitative estimate of drug-likeness (QED) is 0.153. The number of allylic oxidation sites excluding steroid dienone is 2. The Hall–Kier alpha value is -3.61. The summed E-state index contributed by atoms with van der Waals surface area (Å²) in [5.41, 5.74) is 4.87. The lowest BCUT2D eigenvalue weighted by molar-refractivity contribution is 0.433. The van der Waals surface area contributed by atoms with E-state index in [4.69, 9.17) is 20.8 Å². The van der Waals surface area contributed by atoms with E-state index in [-0.39, 0.29) is 25.8 Å². The van der Waals surface area contributed by atoms with Crippen LogP contribution in [0.4, 0.5) is 5.69 Å². The number of benzene rings is 3. The van der Waals surface area contributed by atoms with E-state index in [1.54, 1.807) is 18.2 Å². The molecule has 2 heterocycles. The number of aryl methyl sites for hydroxylation is 1. The molecule has 12 heteroatoms. The van der Waals surface area contributed by atoms with Crippen LogP contribution in [0.3, 0.4) is 0 Å². The van der Waals surface area contributed by atoms with Crippen LogP contribution < -0.4 is 9.64 Å². The number of furan rings is 1. The van der Waals surface area contributed by atoms with Gasteiger partial charge in [-0.25, -0.2) is 8.42 Å². The molecule has 5 rings (SSSR count). The van der Waals surface area contributed by atoms with Crippen LogP contribution in [0.5, 0.6) is 5.75 Å². The molecule has 1 aromatic heterocycles. The highest BCUT2D eigenvalue weighted by atomic mass is 35.5. The monoisotopic (exact) mass is 670 g/mol. The van der Waals surface area contributed by atoms with Gasteiger partial charge in [0.1, 0.15) is 11.3 Å². The molecule has 0 fully saturated rings. The van der Waals surface area contributed by atoms with Crippen molar-refractivity contribution in [2.75, 3.05) is 17.2 Å². The van der Waals surface area contributed by atoms with Crippen LogP contribution in [-0.2, 0) is 26.7 Å². The van der Waals surface area contributed by atoms with E-state index in [1.807, 2.05) is 72.5 Å². The van der Waals surface area contributed by atoms with Crippen LogP contribution >= 0.6 is 11.6 Å². The van der Waals surface area contributed by atoms with Crippen molar-refractivity contribution in [1.82, 2.24) is 0 Å². The predicted octanol–water partition coefficient (Wildman–Crippen LogP) is 7.43. The second-order valence-corrected chi connectivity index (χ2v) is 14.7. The Labute approximate surface area is 268 Å². The fourth-order valence-electron chi connectivity index (χ4n) is 5.22. The Morgan fingerprint density at radius 3 is 2.49 bits per heavy atom. The fraction of sp³-hybridized carbons (Fsp3) is 0.273. The summed E-state index contributed by atoms with van der Waals surface area (Å²) in [5, 5.41) is 0.249. The molecule has 1 atom stereocenters. The molecular formula is C33H33ClNO8S2-. The first-order valence-corrected chi connectivity index (χ1v) is 18.0. The maximum absolute atomic E-state index is 11.8. The van der Waals surface area contributed by atoms with E-state index in [1.165, 1.54) is 6.92 Å². The maximum atomic E-state index is 11.8. The van der Waals surface area contributed by atoms with Gasteiger partial charge in [0.25, 0.3) is 10.1 Å². The van der Waals surface area contributed by atoms with E-state index in [0.717, 1.165) is 33.3 Å². The Morgan fingerprint density at radius 1 is 1.04 bits per heavy atom. The minimum absolute atomic E-state index is 0.123. The molecule has 0 radical (unpaired) electrons. The summed E-state index contributed by atoms with van der Waals surface area (Å²) in [5.74, 6) is 1.10. The van der Waals surface area contributed by atoms with E-state index >= 15 is 0 Å². The Bertz CT molecular complexity index is 1980. The van der Waals surface area contributed by atoms with Crippen LogP contribution in [0.1, 0.15) is 44.4 Å². The van der Waals surface area contributed by atoms with Crippen LogP contribution in [-0.4, -0.2) is 43.5 Å². The van der Waals surface area contributed by atoms with Gasteiger partial charge in [-0.15, -0.1) is 0 Å². The van der Waals surface area contributed by atoms with Crippen molar-refractivity contribution in [3.63, 3.8) is 0 Å². The first-order chi connectivity index (χ1) is 21.3. The molecular weight excluding hydrogens is 638 g/mol. The highest BCUT2D eigenvalue weighted by Gasteiger charge is 2.29. The zero-order valence-corrected chi connectivity index (χ0v) is 27.2. The number of hydrogen-bond donors (Lipinski definition) is 1. The second kappa shape index (κ2) is 13.4. The van der Waals surface area contributed by atoms with Gasteiger partial charge in [0.2, 0.25) is 5.88 Å². The number of rotatable bonds is 12. The molecule has 0 amide bonds. The molecule has 45 heavy (non-hydrogen) atoms. The smallest absolute Gasteiger partial charge is 0.267 e. The molecule has 1 N–H and O–H groups in total. The van der Waals surface area contributed by atoms with Gasteiger partial charge in [-0.2, -0.15) is 8.42 Å². The van der Waals surface area contributed by atoms with Gasteiger partial charge in [0, 0.05) is 34.3 Å². The summed E-state index contributed by atoms with van der Waals surface area (Å²) in [7, 11) is -8.60. The molecule has 0 aliphatic carbocycles. The third-order valence-corrected chi connectivity index (χ3v) is 10.0. The molecule has 9 nitrogen and oxygen atoms in total. The summed E-state index contributed by atoms with van der Waals surface area (Å²) in [6.45, 7) is 3.68. The molecule has 4 aromatic rings. The van der Waals surface area contributed by atoms with Crippen molar-refractivity contribution < 1.29 is 35.1 Å². The number of ether oxygens (including phenoxy) is 1. The van der Waals surface area contributed by atoms with Crippen molar-refractivity contribution in [1.29, 1.82) is 0 Å². The van der Waals surface area contributed by atoms with Gasteiger partial charge in [-0.1, -0.05) is 54.9 Å². The highest BCUT2D eigenvalue weighted by molar-refractivity contribution is 7.86. The van der Waals surface area contributed by atoms with E-state index < -0.39 is 31.2 Å². The number of fused-ring (bicyclic) bond motifs is 2. The molecule has 0 spiro atoms. The zero-order valence-electron chi connectivity index (χ0n) is 24.8. The minimum atomic E-state index is -4.38. The lowest BCUT2D eigenvalue weighted by Crippen LogP contribution is -2.27. The van der Waals surface area contributed by atoms with E-state index in [0.29, 0.717) is 34.4 Å². The van der Waals surface area contributed by atoms with Crippen molar-refractivity contribution in [3.05, 3.63) is 101 Å². The van der Waals surface area contributed by atoms with Gasteiger partial charge < -0.3 is 18.6 Å². The van der Waals surface area contributed by atoms with Crippen LogP contribution in [0.15, 0.2) is 88.7 Å².